The monoisotopic (exact) mass is 308 g/mol. The van der Waals surface area contributed by atoms with Crippen molar-refractivity contribution in [3.8, 4) is 0 Å². The van der Waals surface area contributed by atoms with Crippen molar-refractivity contribution in [2.24, 2.45) is 0 Å². The normalized spacial score (nSPS) is 11.5. The lowest BCUT2D eigenvalue weighted by molar-refractivity contribution is 0.856. The molecule has 0 radical (unpaired) electrons. The quantitative estimate of drug-likeness (QED) is 0.590. The summed E-state index contributed by atoms with van der Waals surface area (Å²) in [6.45, 7) is 3.91. The van der Waals surface area contributed by atoms with E-state index >= 15 is 4.11 Å². The Labute approximate surface area is 110 Å². The van der Waals surface area contributed by atoms with Crippen molar-refractivity contribution in [2.75, 3.05) is 0 Å². The zero-order valence-corrected chi connectivity index (χ0v) is 12.5. The largest absolute Gasteiger partial charge is 0.377 e. The summed E-state index contributed by atoms with van der Waals surface area (Å²) in [5.41, 5.74) is 2.00. The first-order valence-electron chi connectivity index (χ1n) is 5.53. The van der Waals surface area contributed by atoms with Crippen LogP contribution >= 0.6 is 15.3 Å². The molecule has 2 aromatic rings. The maximum atomic E-state index is 15.1. The Morgan fingerprint density at radius 2 is 1.18 bits per heavy atom. The molecule has 88 valence electrons. The van der Waals surface area contributed by atoms with Gasteiger partial charge in [-0.2, -0.15) is 0 Å². The van der Waals surface area contributed by atoms with Gasteiger partial charge in [0.2, 0.25) is 0 Å². The van der Waals surface area contributed by atoms with E-state index in [9.17, 15) is 0 Å². The van der Waals surface area contributed by atoms with Gasteiger partial charge in [0.25, 0.3) is 0 Å². The fourth-order valence-corrected chi connectivity index (χ4v) is 6.72. The van der Waals surface area contributed by atoms with Crippen LogP contribution < -0.4 is 10.4 Å². The fraction of sp³-hybridized carbons (Fsp3) is 0.143. The lowest BCUT2D eigenvalue weighted by Gasteiger charge is -2.20. The van der Waals surface area contributed by atoms with E-state index in [-0.39, 0.29) is 0 Å². The van der Waals surface area contributed by atoms with E-state index in [0.717, 1.165) is 21.5 Å². The molecule has 2 rings (SSSR count). The number of aryl methyl sites for hydroxylation is 2. The second kappa shape index (κ2) is 4.74. The molecule has 0 heterocycles. The number of benzene rings is 2. The standard InChI is InChI=1S/C14H14BrFSi/c1-11-7-3-5-9-13(11)17(15,16)14-10-6-4-8-12(14)2/h3-10H,1-2H3. The zero-order valence-electron chi connectivity index (χ0n) is 9.87. The average Bonchev–Trinajstić information content (AvgIpc) is 2.29. The maximum absolute atomic E-state index is 15.1. The Hall–Kier alpha value is -0.933. The Morgan fingerprint density at radius 1 is 0.824 bits per heavy atom. The highest BCUT2D eigenvalue weighted by molar-refractivity contribution is 9.26. The topological polar surface area (TPSA) is 0 Å². The lowest BCUT2D eigenvalue weighted by atomic mass is 10.2. The summed E-state index contributed by atoms with van der Waals surface area (Å²) in [6.07, 6.45) is 0. The third-order valence-corrected chi connectivity index (χ3v) is 8.00. The molecule has 0 aliphatic rings. The van der Waals surface area contributed by atoms with Crippen molar-refractivity contribution >= 4 is 32.7 Å². The van der Waals surface area contributed by atoms with Crippen LogP contribution in [0.25, 0.3) is 0 Å². The molecule has 0 aliphatic heterocycles. The molecule has 0 atom stereocenters. The van der Waals surface area contributed by atoms with Crippen LogP contribution in [-0.2, 0) is 0 Å². The molecule has 0 spiro atoms. The summed E-state index contributed by atoms with van der Waals surface area (Å²) in [5, 5.41) is 1.60. The van der Waals surface area contributed by atoms with E-state index in [2.05, 4.69) is 15.3 Å². The molecule has 0 saturated heterocycles. The first-order chi connectivity index (χ1) is 8.03. The molecule has 17 heavy (non-hydrogen) atoms. The minimum Gasteiger partial charge on any atom is -0.287 e. The van der Waals surface area contributed by atoms with Crippen LogP contribution in [-0.4, -0.2) is 7.03 Å². The zero-order chi connectivity index (χ0) is 12.5. The SMILES string of the molecule is Cc1ccccc1[Si](F)(Br)c1ccccc1C. The van der Waals surface area contributed by atoms with Gasteiger partial charge in [-0.25, -0.2) is 0 Å². The van der Waals surface area contributed by atoms with Crippen molar-refractivity contribution in [1.29, 1.82) is 0 Å². The van der Waals surface area contributed by atoms with Gasteiger partial charge in [0.1, 0.15) is 0 Å². The van der Waals surface area contributed by atoms with Gasteiger partial charge in [0.05, 0.1) is 0 Å². The molecule has 0 nitrogen and oxygen atoms in total. The molecular weight excluding hydrogens is 295 g/mol. The second-order valence-electron chi connectivity index (χ2n) is 4.20. The fourth-order valence-electron chi connectivity index (χ4n) is 2.00. The molecule has 0 bridgehead atoms. The average molecular weight is 309 g/mol. The van der Waals surface area contributed by atoms with E-state index in [1.54, 1.807) is 0 Å². The van der Waals surface area contributed by atoms with Gasteiger partial charge >= 0.3 is 7.03 Å². The maximum Gasteiger partial charge on any atom is 0.377 e. The van der Waals surface area contributed by atoms with E-state index in [0.29, 0.717) is 0 Å². The van der Waals surface area contributed by atoms with Crippen LogP contribution in [0.5, 0.6) is 0 Å². The van der Waals surface area contributed by atoms with Gasteiger partial charge in [0, 0.05) is 0 Å². The molecule has 0 fully saturated rings. The predicted octanol–water partition coefficient (Wildman–Crippen LogP) is 3.22. The molecule has 0 aromatic heterocycles. The number of halogens is 2. The van der Waals surface area contributed by atoms with Gasteiger partial charge in [-0.05, 0) is 35.3 Å². The first-order valence-corrected chi connectivity index (χ1v) is 9.67. The van der Waals surface area contributed by atoms with Crippen molar-refractivity contribution < 1.29 is 4.11 Å². The highest BCUT2D eigenvalue weighted by atomic mass is 79.9. The van der Waals surface area contributed by atoms with Crippen molar-refractivity contribution in [3.05, 3.63) is 59.7 Å². The van der Waals surface area contributed by atoms with Gasteiger partial charge < -0.3 is 0 Å². The summed E-state index contributed by atoms with van der Waals surface area (Å²) in [7, 11) is -3.23. The lowest BCUT2D eigenvalue weighted by Crippen LogP contribution is -2.51. The number of hydrogen-bond acceptors (Lipinski definition) is 0. The third kappa shape index (κ3) is 2.35. The van der Waals surface area contributed by atoms with Gasteiger partial charge in [-0.15, -0.1) is 0 Å². The molecule has 0 N–H and O–H groups in total. The Morgan fingerprint density at radius 3 is 1.53 bits per heavy atom. The minimum absolute atomic E-state index is 0.800. The van der Waals surface area contributed by atoms with Crippen molar-refractivity contribution in [2.45, 2.75) is 13.8 Å². The summed E-state index contributed by atoms with van der Waals surface area (Å²) in [6, 6.07) is 15.3. The van der Waals surface area contributed by atoms with E-state index in [1.165, 1.54) is 0 Å². The van der Waals surface area contributed by atoms with Gasteiger partial charge in [-0.1, -0.05) is 63.8 Å². The molecule has 2 aromatic carbocycles. The summed E-state index contributed by atoms with van der Waals surface area (Å²) < 4.78 is 15.1. The summed E-state index contributed by atoms with van der Waals surface area (Å²) in [5.74, 6) is 0. The number of hydrogen-bond donors (Lipinski definition) is 0. The first kappa shape index (κ1) is 12.5. The van der Waals surface area contributed by atoms with Gasteiger partial charge in [-0.3, -0.25) is 4.11 Å². The van der Waals surface area contributed by atoms with Crippen LogP contribution in [0.3, 0.4) is 0 Å². The Bertz CT molecular complexity index is 490. The number of rotatable bonds is 2. The smallest absolute Gasteiger partial charge is 0.287 e. The van der Waals surface area contributed by atoms with Crippen LogP contribution in [0.2, 0.25) is 0 Å². The molecule has 0 amide bonds. The van der Waals surface area contributed by atoms with Crippen molar-refractivity contribution in [1.82, 2.24) is 0 Å². The van der Waals surface area contributed by atoms with Crippen molar-refractivity contribution in [3.63, 3.8) is 0 Å². The summed E-state index contributed by atoms with van der Waals surface area (Å²) in [4.78, 5) is 0. The Kier molecular flexibility index (Phi) is 3.49. The van der Waals surface area contributed by atoms with Gasteiger partial charge in [0.15, 0.2) is 0 Å². The molecule has 3 heteroatoms. The van der Waals surface area contributed by atoms with E-state index in [4.69, 9.17) is 0 Å². The van der Waals surface area contributed by atoms with Crippen LogP contribution in [0.1, 0.15) is 11.1 Å². The molecular formula is C14H14BrFSi. The summed E-state index contributed by atoms with van der Waals surface area (Å²) >= 11 is 3.37. The molecule has 0 unspecified atom stereocenters. The highest BCUT2D eigenvalue weighted by Crippen LogP contribution is 2.18. The van der Waals surface area contributed by atoms with E-state index < -0.39 is 7.03 Å². The molecule has 0 saturated carbocycles. The van der Waals surface area contributed by atoms with E-state index in [1.807, 2.05) is 62.4 Å². The molecule has 0 aliphatic carbocycles. The second-order valence-corrected chi connectivity index (χ2v) is 9.71. The Balaban J connectivity index is 2.58. The van der Waals surface area contributed by atoms with Crippen LogP contribution in [0, 0.1) is 13.8 Å². The highest BCUT2D eigenvalue weighted by Gasteiger charge is 2.38. The van der Waals surface area contributed by atoms with Crippen LogP contribution in [0.15, 0.2) is 48.5 Å². The minimum atomic E-state index is -3.23. The predicted molar refractivity (Wildman–Crippen MR) is 77.4 cm³/mol. The third-order valence-electron chi connectivity index (χ3n) is 2.97. The van der Waals surface area contributed by atoms with Crippen LogP contribution in [0.4, 0.5) is 4.11 Å².